The summed E-state index contributed by atoms with van der Waals surface area (Å²) >= 11 is 0. The van der Waals surface area contributed by atoms with Gasteiger partial charge in [-0.2, -0.15) is 5.10 Å². The van der Waals surface area contributed by atoms with Crippen molar-refractivity contribution in [1.29, 1.82) is 0 Å². The smallest absolute Gasteiger partial charge is 0.245 e. The van der Waals surface area contributed by atoms with Crippen LogP contribution in [0, 0.1) is 0 Å². The Morgan fingerprint density at radius 3 is 2.89 bits per heavy atom. The van der Waals surface area contributed by atoms with Gasteiger partial charge >= 0.3 is 0 Å². The van der Waals surface area contributed by atoms with Gasteiger partial charge in [-0.25, -0.2) is 0 Å². The first-order valence-electron chi connectivity index (χ1n) is 6.17. The van der Waals surface area contributed by atoms with Gasteiger partial charge in [0.25, 0.3) is 0 Å². The number of hydrogen-bond donors (Lipinski definition) is 1. The summed E-state index contributed by atoms with van der Waals surface area (Å²) in [4.78, 5) is 25.6. The van der Waals surface area contributed by atoms with E-state index >= 15 is 0 Å². The highest BCUT2D eigenvalue weighted by molar-refractivity contribution is 5.91. The molecule has 1 aromatic heterocycles. The van der Waals surface area contributed by atoms with Crippen LogP contribution in [0.25, 0.3) is 0 Å². The highest BCUT2D eigenvalue weighted by Crippen LogP contribution is 2.29. The lowest BCUT2D eigenvalue weighted by Gasteiger charge is -2.35. The number of primary amides is 1. The lowest BCUT2D eigenvalue weighted by atomic mass is 9.96. The highest BCUT2D eigenvalue weighted by atomic mass is 16.5. The Balaban J connectivity index is 2.17. The number of hydrogen-bond acceptors (Lipinski definition) is 4. The maximum atomic E-state index is 12.3. The molecule has 1 unspecified atom stereocenters. The first-order valence-corrected chi connectivity index (χ1v) is 6.17. The second-order valence-corrected chi connectivity index (χ2v) is 4.68. The van der Waals surface area contributed by atoms with Gasteiger partial charge in [0, 0.05) is 26.0 Å². The van der Waals surface area contributed by atoms with Gasteiger partial charge in [0.1, 0.15) is 12.1 Å². The van der Waals surface area contributed by atoms with Gasteiger partial charge in [0.15, 0.2) is 0 Å². The highest BCUT2D eigenvalue weighted by Gasteiger charge is 2.48. The van der Waals surface area contributed by atoms with Crippen LogP contribution in [0.4, 0.5) is 0 Å². The van der Waals surface area contributed by atoms with E-state index in [9.17, 15) is 9.59 Å². The molecule has 2 rings (SSSR count). The van der Waals surface area contributed by atoms with Gasteiger partial charge < -0.3 is 15.4 Å². The average molecular weight is 266 g/mol. The molecule has 2 amide bonds. The number of nitrogens with zero attached hydrogens (tertiary/aromatic N) is 3. The Morgan fingerprint density at radius 1 is 1.53 bits per heavy atom. The van der Waals surface area contributed by atoms with E-state index in [0.717, 1.165) is 6.42 Å². The molecule has 7 heteroatoms. The summed E-state index contributed by atoms with van der Waals surface area (Å²) in [5.41, 5.74) is 4.47. The van der Waals surface area contributed by atoms with Crippen molar-refractivity contribution < 1.29 is 14.3 Å². The molecule has 2 N–H and O–H groups in total. The zero-order valence-corrected chi connectivity index (χ0v) is 10.9. The van der Waals surface area contributed by atoms with E-state index in [-0.39, 0.29) is 19.1 Å². The minimum Gasteiger partial charge on any atom is -0.382 e. The Kier molecular flexibility index (Phi) is 3.84. The van der Waals surface area contributed by atoms with E-state index < -0.39 is 11.4 Å². The molecule has 0 aromatic carbocycles. The maximum Gasteiger partial charge on any atom is 0.245 e. The average Bonchev–Trinajstić information content (AvgIpc) is 2.99. The molecule has 1 atom stereocenters. The molecule has 1 aromatic rings. The van der Waals surface area contributed by atoms with Gasteiger partial charge in [-0.1, -0.05) is 0 Å². The van der Waals surface area contributed by atoms with Crippen molar-refractivity contribution in [3.8, 4) is 0 Å². The molecule has 1 fully saturated rings. The van der Waals surface area contributed by atoms with Gasteiger partial charge in [-0.3, -0.25) is 14.3 Å². The lowest BCUT2D eigenvalue weighted by molar-refractivity contribution is -0.147. The van der Waals surface area contributed by atoms with Crippen molar-refractivity contribution in [2.75, 3.05) is 20.3 Å². The summed E-state index contributed by atoms with van der Waals surface area (Å²) in [6.45, 7) is 0.755. The fourth-order valence-corrected chi connectivity index (χ4v) is 2.58. The van der Waals surface area contributed by atoms with Crippen LogP contribution >= 0.6 is 0 Å². The van der Waals surface area contributed by atoms with Crippen molar-refractivity contribution in [2.45, 2.75) is 24.9 Å². The Morgan fingerprint density at radius 2 is 2.32 bits per heavy atom. The number of likely N-dealkylation sites (tertiary alicyclic amines) is 1. The predicted octanol–water partition coefficient (Wildman–Crippen LogP) is -0.624. The minimum absolute atomic E-state index is 0.103. The molecule has 0 spiro atoms. The van der Waals surface area contributed by atoms with E-state index in [0.29, 0.717) is 13.0 Å². The molecule has 1 aliphatic heterocycles. The van der Waals surface area contributed by atoms with Crippen molar-refractivity contribution >= 4 is 11.8 Å². The summed E-state index contributed by atoms with van der Waals surface area (Å²) in [6, 6.07) is 1.74. The summed E-state index contributed by atoms with van der Waals surface area (Å²) in [7, 11) is 1.50. The van der Waals surface area contributed by atoms with Crippen LogP contribution in [-0.4, -0.2) is 52.3 Å². The van der Waals surface area contributed by atoms with E-state index in [4.69, 9.17) is 10.5 Å². The van der Waals surface area contributed by atoms with E-state index in [2.05, 4.69) is 5.10 Å². The summed E-state index contributed by atoms with van der Waals surface area (Å²) in [6.07, 6.45) is 4.60. The van der Waals surface area contributed by atoms with E-state index in [1.807, 2.05) is 0 Å². The van der Waals surface area contributed by atoms with E-state index in [1.54, 1.807) is 18.5 Å². The molecule has 2 heterocycles. The fraction of sp³-hybridized carbons (Fsp3) is 0.583. The number of methoxy groups -OCH3 is 1. The van der Waals surface area contributed by atoms with Gasteiger partial charge in [-0.15, -0.1) is 0 Å². The zero-order valence-electron chi connectivity index (χ0n) is 10.9. The van der Waals surface area contributed by atoms with Crippen LogP contribution in [0.2, 0.25) is 0 Å². The van der Waals surface area contributed by atoms with Gasteiger partial charge in [0.2, 0.25) is 11.8 Å². The number of aromatic nitrogens is 2. The third-order valence-corrected chi connectivity index (χ3v) is 3.49. The van der Waals surface area contributed by atoms with Crippen molar-refractivity contribution in [1.82, 2.24) is 14.7 Å². The molecule has 104 valence electrons. The molecular formula is C12H18N4O3. The molecule has 0 bridgehead atoms. The molecule has 0 radical (unpaired) electrons. The predicted molar refractivity (Wildman–Crippen MR) is 67.0 cm³/mol. The molecule has 0 aliphatic carbocycles. The molecule has 0 saturated carbocycles. The third kappa shape index (κ3) is 2.46. The molecular weight excluding hydrogens is 248 g/mol. The number of amides is 2. The van der Waals surface area contributed by atoms with Crippen LogP contribution < -0.4 is 5.73 Å². The van der Waals surface area contributed by atoms with Crippen LogP contribution in [0.15, 0.2) is 18.5 Å². The van der Waals surface area contributed by atoms with E-state index in [1.165, 1.54) is 16.7 Å². The number of ether oxygens (including phenoxy) is 1. The Bertz CT molecular complexity index is 460. The SMILES string of the molecule is COCC1(C(N)=O)CCCN1C(=O)Cn1cccn1. The topological polar surface area (TPSA) is 90.5 Å². The van der Waals surface area contributed by atoms with Crippen LogP contribution in [-0.2, 0) is 20.9 Å². The minimum atomic E-state index is -1.01. The van der Waals surface area contributed by atoms with Crippen molar-refractivity contribution in [3.05, 3.63) is 18.5 Å². The van der Waals surface area contributed by atoms with Crippen LogP contribution in [0.1, 0.15) is 12.8 Å². The maximum absolute atomic E-state index is 12.3. The Hall–Kier alpha value is -1.89. The molecule has 1 saturated heterocycles. The fourth-order valence-electron chi connectivity index (χ4n) is 2.58. The lowest BCUT2D eigenvalue weighted by Crippen LogP contribution is -2.59. The number of carbonyl (C=O) groups is 2. The standard InChI is InChI=1S/C12H18N4O3/c1-19-9-12(11(13)18)4-2-7-16(12)10(17)8-15-6-3-5-14-15/h3,5-6H,2,4,7-9H2,1H3,(H2,13,18). The first-order chi connectivity index (χ1) is 9.10. The molecule has 7 nitrogen and oxygen atoms in total. The van der Waals surface area contributed by atoms with Gasteiger partial charge in [0.05, 0.1) is 6.61 Å². The second-order valence-electron chi connectivity index (χ2n) is 4.68. The Labute approximate surface area is 111 Å². The molecule has 19 heavy (non-hydrogen) atoms. The zero-order chi connectivity index (χ0) is 13.9. The third-order valence-electron chi connectivity index (χ3n) is 3.49. The number of carbonyl (C=O) groups excluding carboxylic acids is 2. The van der Waals surface area contributed by atoms with Crippen molar-refractivity contribution in [3.63, 3.8) is 0 Å². The normalized spacial score (nSPS) is 22.7. The summed E-state index contributed by atoms with van der Waals surface area (Å²) < 4.78 is 6.62. The van der Waals surface area contributed by atoms with Crippen LogP contribution in [0.5, 0.6) is 0 Å². The summed E-state index contributed by atoms with van der Waals surface area (Å²) in [5, 5.41) is 3.99. The van der Waals surface area contributed by atoms with Gasteiger partial charge in [-0.05, 0) is 18.9 Å². The first kappa shape index (κ1) is 13.5. The number of rotatable bonds is 5. The largest absolute Gasteiger partial charge is 0.382 e. The second kappa shape index (κ2) is 5.40. The van der Waals surface area contributed by atoms with Crippen molar-refractivity contribution in [2.24, 2.45) is 5.73 Å². The monoisotopic (exact) mass is 266 g/mol. The summed E-state index contributed by atoms with van der Waals surface area (Å²) in [5.74, 6) is -0.683. The number of nitrogens with two attached hydrogens (primary N) is 1. The van der Waals surface area contributed by atoms with Crippen LogP contribution in [0.3, 0.4) is 0 Å². The quantitative estimate of drug-likeness (QED) is 0.768. The molecule has 1 aliphatic rings.